The highest BCUT2D eigenvalue weighted by molar-refractivity contribution is 9.10. The van der Waals surface area contributed by atoms with Gasteiger partial charge in [-0.15, -0.1) is 0 Å². The maximum absolute atomic E-state index is 3.40. The molecule has 0 unspecified atom stereocenters. The molecule has 0 amide bonds. The Bertz CT molecular complexity index is 218. The summed E-state index contributed by atoms with van der Waals surface area (Å²) in [5.41, 5.74) is 1.26. The SMILES string of the molecule is CCN(C)c1ccc(Br)cc1. The van der Waals surface area contributed by atoms with Gasteiger partial charge in [-0.25, -0.2) is 0 Å². The van der Waals surface area contributed by atoms with Crippen LogP contribution in [0.4, 0.5) is 5.69 Å². The first-order chi connectivity index (χ1) is 5.24. The van der Waals surface area contributed by atoms with Gasteiger partial charge in [-0.1, -0.05) is 15.9 Å². The third kappa shape index (κ3) is 2.22. The van der Waals surface area contributed by atoms with Crippen LogP contribution in [0.2, 0.25) is 0 Å². The second kappa shape index (κ2) is 3.77. The minimum Gasteiger partial charge on any atom is -0.375 e. The molecule has 1 nitrogen and oxygen atoms in total. The van der Waals surface area contributed by atoms with Crippen LogP contribution in [0.25, 0.3) is 0 Å². The number of rotatable bonds is 2. The van der Waals surface area contributed by atoms with Gasteiger partial charge in [-0.3, -0.25) is 0 Å². The van der Waals surface area contributed by atoms with E-state index in [1.54, 1.807) is 0 Å². The zero-order valence-corrected chi connectivity index (χ0v) is 8.43. The van der Waals surface area contributed by atoms with Gasteiger partial charge in [0.2, 0.25) is 0 Å². The quantitative estimate of drug-likeness (QED) is 0.731. The van der Waals surface area contributed by atoms with Crippen molar-refractivity contribution in [2.45, 2.75) is 6.92 Å². The van der Waals surface area contributed by atoms with Crippen molar-refractivity contribution >= 4 is 21.6 Å². The maximum Gasteiger partial charge on any atom is 0.0364 e. The van der Waals surface area contributed by atoms with E-state index in [0.29, 0.717) is 0 Å². The molecule has 1 rings (SSSR count). The van der Waals surface area contributed by atoms with Crippen molar-refractivity contribution in [3.63, 3.8) is 0 Å². The molecule has 11 heavy (non-hydrogen) atoms. The van der Waals surface area contributed by atoms with Crippen LogP contribution in [0.15, 0.2) is 28.7 Å². The standard InChI is InChI=1S/C9H12BrN/c1-3-11(2)9-6-4-8(10)5-7-9/h4-7H,3H2,1-2H3. The topological polar surface area (TPSA) is 3.24 Å². The second-order valence-corrected chi connectivity index (χ2v) is 3.41. The fraction of sp³-hybridized carbons (Fsp3) is 0.333. The average Bonchev–Trinajstić information content (AvgIpc) is 2.05. The third-order valence-electron chi connectivity index (χ3n) is 1.74. The first kappa shape index (κ1) is 8.60. The Morgan fingerprint density at radius 3 is 2.27 bits per heavy atom. The molecule has 0 radical (unpaired) electrons. The van der Waals surface area contributed by atoms with Crippen LogP contribution in [-0.4, -0.2) is 13.6 Å². The Labute approximate surface area is 76.2 Å². The summed E-state index contributed by atoms with van der Waals surface area (Å²) in [4.78, 5) is 2.20. The maximum atomic E-state index is 3.40. The van der Waals surface area contributed by atoms with E-state index in [1.807, 2.05) is 0 Å². The van der Waals surface area contributed by atoms with E-state index in [1.165, 1.54) is 5.69 Å². The molecule has 1 aromatic rings. The van der Waals surface area contributed by atoms with Crippen molar-refractivity contribution in [1.82, 2.24) is 0 Å². The number of nitrogens with zero attached hydrogens (tertiary/aromatic N) is 1. The van der Waals surface area contributed by atoms with Gasteiger partial charge in [-0.05, 0) is 31.2 Å². The molecule has 0 aliphatic heterocycles. The molecule has 0 saturated carbocycles. The smallest absolute Gasteiger partial charge is 0.0364 e. The lowest BCUT2D eigenvalue weighted by Crippen LogP contribution is -2.15. The molecule has 0 aliphatic rings. The van der Waals surface area contributed by atoms with Crippen LogP contribution in [0.1, 0.15) is 6.92 Å². The van der Waals surface area contributed by atoms with Gasteiger partial charge in [-0.2, -0.15) is 0 Å². The molecule has 0 fully saturated rings. The van der Waals surface area contributed by atoms with E-state index in [9.17, 15) is 0 Å². The molecule has 1 aromatic carbocycles. The summed E-state index contributed by atoms with van der Waals surface area (Å²) < 4.78 is 1.13. The lowest BCUT2D eigenvalue weighted by Gasteiger charge is -2.16. The van der Waals surface area contributed by atoms with Crippen LogP contribution in [0.3, 0.4) is 0 Å². The number of anilines is 1. The van der Waals surface area contributed by atoms with Crippen LogP contribution in [0.5, 0.6) is 0 Å². The van der Waals surface area contributed by atoms with Gasteiger partial charge in [0.05, 0.1) is 0 Å². The average molecular weight is 214 g/mol. The first-order valence-corrected chi connectivity index (χ1v) is 4.50. The fourth-order valence-corrected chi connectivity index (χ4v) is 1.14. The predicted octanol–water partition coefficient (Wildman–Crippen LogP) is 2.91. The molecule has 60 valence electrons. The van der Waals surface area contributed by atoms with Crippen molar-refractivity contribution in [3.05, 3.63) is 28.7 Å². The van der Waals surface area contributed by atoms with Crippen molar-refractivity contribution in [3.8, 4) is 0 Å². The zero-order chi connectivity index (χ0) is 8.27. The van der Waals surface area contributed by atoms with Gasteiger partial charge in [0.25, 0.3) is 0 Å². The van der Waals surface area contributed by atoms with Crippen molar-refractivity contribution < 1.29 is 0 Å². The van der Waals surface area contributed by atoms with E-state index in [-0.39, 0.29) is 0 Å². The molecule has 0 aliphatic carbocycles. The summed E-state index contributed by atoms with van der Waals surface area (Å²) >= 11 is 3.40. The zero-order valence-electron chi connectivity index (χ0n) is 6.84. The number of hydrogen-bond donors (Lipinski definition) is 0. The van der Waals surface area contributed by atoms with E-state index >= 15 is 0 Å². The fourth-order valence-electron chi connectivity index (χ4n) is 0.878. The highest BCUT2D eigenvalue weighted by Gasteiger charge is 1.95. The highest BCUT2D eigenvalue weighted by atomic mass is 79.9. The number of halogens is 1. The minimum atomic E-state index is 1.04. The van der Waals surface area contributed by atoms with Crippen molar-refractivity contribution in [1.29, 1.82) is 0 Å². The Morgan fingerprint density at radius 1 is 1.27 bits per heavy atom. The summed E-state index contributed by atoms with van der Waals surface area (Å²) in [5.74, 6) is 0. The molecule has 0 N–H and O–H groups in total. The van der Waals surface area contributed by atoms with Gasteiger partial charge >= 0.3 is 0 Å². The molecular weight excluding hydrogens is 202 g/mol. The van der Waals surface area contributed by atoms with E-state index in [0.717, 1.165) is 11.0 Å². The number of hydrogen-bond acceptors (Lipinski definition) is 1. The Morgan fingerprint density at radius 2 is 1.82 bits per heavy atom. The monoisotopic (exact) mass is 213 g/mol. The van der Waals surface area contributed by atoms with Crippen LogP contribution < -0.4 is 4.90 Å². The lowest BCUT2D eigenvalue weighted by atomic mass is 10.3. The van der Waals surface area contributed by atoms with Gasteiger partial charge < -0.3 is 4.90 Å². The molecule has 0 aromatic heterocycles. The molecule has 0 saturated heterocycles. The van der Waals surface area contributed by atoms with Gasteiger partial charge in [0, 0.05) is 23.8 Å². The first-order valence-electron chi connectivity index (χ1n) is 3.70. The third-order valence-corrected chi connectivity index (χ3v) is 2.27. The highest BCUT2D eigenvalue weighted by Crippen LogP contribution is 2.16. The lowest BCUT2D eigenvalue weighted by molar-refractivity contribution is 0.968. The van der Waals surface area contributed by atoms with Crippen LogP contribution in [-0.2, 0) is 0 Å². The van der Waals surface area contributed by atoms with Gasteiger partial charge in [0.1, 0.15) is 0 Å². The summed E-state index contributed by atoms with van der Waals surface area (Å²) in [6.07, 6.45) is 0. The molecule has 0 bridgehead atoms. The Kier molecular flexibility index (Phi) is 2.94. The molecular formula is C9H12BrN. The molecule has 0 atom stereocenters. The normalized spacial score (nSPS) is 9.73. The summed E-state index contributed by atoms with van der Waals surface area (Å²) in [6.45, 7) is 3.18. The molecule has 2 heteroatoms. The Hall–Kier alpha value is -0.500. The second-order valence-electron chi connectivity index (χ2n) is 2.49. The van der Waals surface area contributed by atoms with Crippen LogP contribution in [0, 0.1) is 0 Å². The van der Waals surface area contributed by atoms with Gasteiger partial charge in [0.15, 0.2) is 0 Å². The minimum absolute atomic E-state index is 1.04. The molecule has 0 heterocycles. The van der Waals surface area contributed by atoms with Crippen molar-refractivity contribution in [2.24, 2.45) is 0 Å². The summed E-state index contributed by atoms with van der Waals surface area (Å²) in [6, 6.07) is 8.32. The summed E-state index contributed by atoms with van der Waals surface area (Å²) in [7, 11) is 2.09. The molecule has 0 spiro atoms. The Balaban J connectivity index is 2.81. The largest absolute Gasteiger partial charge is 0.375 e. The van der Waals surface area contributed by atoms with E-state index in [4.69, 9.17) is 0 Å². The summed E-state index contributed by atoms with van der Waals surface area (Å²) in [5, 5.41) is 0. The number of benzene rings is 1. The predicted molar refractivity (Wildman–Crippen MR) is 53.1 cm³/mol. The van der Waals surface area contributed by atoms with Crippen molar-refractivity contribution in [2.75, 3.05) is 18.5 Å². The van der Waals surface area contributed by atoms with E-state index < -0.39 is 0 Å². The van der Waals surface area contributed by atoms with E-state index in [2.05, 4.69) is 59.1 Å². The van der Waals surface area contributed by atoms with Crippen LogP contribution >= 0.6 is 15.9 Å².